The predicted molar refractivity (Wildman–Crippen MR) is 548 cm³/mol. The number of carbonyl (C=O) groups excluding carboxylic acids is 2. The second-order valence-corrected chi connectivity index (χ2v) is 41.8. The Bertz CT molecular complexity index is 6860. The minimum atomic E-state index is -1.21. The number of unbranched alkanes of at least 4 members (excludes halogenated alkanes) is 18. The molecular weight excluding hydrogens is 1750 g/mol. The number of halogens is 4. The van der Waals surface area contributed by atoms with Gasteiger partial charge >= 0.3 is 0 Å². The number of hydrogen-bond acceptors (Lipinski definition) is 10. The van der Waals surface area contributed by atoms with Crippen LogP contribution in [0, 0.1) is 68.6 Å². The van der Waals surface area contributed by atoms with E-state index in [1.165, 1.54) is 55.8 Å². The van der Waals surface area contributed by atoms with Crippen LogP contribution in [0.3, 0.4) is 0 Å². The van der Waals surface area contributed by atoms with Gasteiger partial charge in [0.2, 0.25) is 0 Å². The van der Waals surface area contributed by atoms with Crippen LogP contribution < -0.4 is 0 Å². The number of nitrogens with zero attached hydrogens (tertiary/aromatic N) is 4. The van der Waals surface area contributed by atoms with E-state index in [-0.39, 0.29) is 55.7 Å². The van der Waals surface area contributed by atoms with Crippen molar-refractivity contribution in [2.24, 2.45) is 0 Å². The van der Waals surface area contributed by atoms with Gasteiger partial charge in [-0.25, -0.2) is 17.6 Å². The number of ketones is 2. The lowest BCUT2D eigenvalue weighted by Gasteiger charge is -2.36. The molecule has 6 nitrogen and oxygen atoms in total. The first-order valence-corrected chi connectivity index (χ1v) is 52.5. The molecule has 0 fully saturated rings. The summed E-state index contributed by atoms with van der Waals surface area (Å²) < 4.78 is 64.7. The molecule has 0 N–H and O–H groups in total. The van der Waals surface area contributed by atoms with E-state index in [2.05, 4.69) is 211 Å². The van der Waals surface area contributed by atoms with E-state index in [0.717, 1.165) is 313 Å². The number of rotatable bonds is 38. The van der Waals surface area contributed by atoms with Crippen molar-refractivity contribution in [2.45, 2.75) is 250 Å². The second-order valence-electron chi connectivity index (χ2n) is 37.6. The van der Waals surface area contributed by atoms with Crippen LogP contribution in [0.5, 0.6) is 0 Å². The quantitative estimate of drug-likeness (QED) is 0.0164. The number of hydrogen-bond donors (Lipinski definition) is 0. The summed E-state index contributed by atoms with van der Waals surface area (Å²) in [4.78, 5) is 35.9. The lowest BCUT2D eigenvalue weighted by Crippen LogP contribution is -2.30. The maximum Gasteiger partial charge on any atom is 0.194 e. The van der Waals surface area contributed by atoms with Crippen molar-refractivity contribution < 1.29 is 27.2 Å². The van der Waals surface area contributed by atoms with Crippen LogP contribution in [-0.2, 0) is 54.8 Å². The smallest absolute Gasteiger partial charge is 0.194 e. The fourth-order valence-corrected chi connectivity index (χ4v) is 27.9. The van der Waals surface area contributed by atoms with Gasteiger partial charge < -0.3 is 0 Å². The highest BCUT2D eigenvalue weighted by atomic mass is 32.1. The molecule has 0 saturated carbocycles. The van der Waals surface area contributed by atoms with E-state index in [4.69, 9.17) is 0 Å². The van der Waals surface area contributed by atoms with Crippen molar-refractivity contribution in [1.29, 1.82) is 21.0 Å². The summed E-state index contributed by atoms with van der Waals surface area (Å²) in [5.41, 5.74) is 18.4. The van der Waals surface area contributed by atoms with Gasteiger partial charge in [0, 0.05) is 64.1 Å². The summed E-state index contributed by atoms with van der Waals surface area (Å²) in [6.45, 7) is 13.5. The molecular formula is C121H112F4N4O2S4. The van der Waals surface area contributed by atoms with Crippen LogP contribution in [0.1, 0.15) is 337 Å². The van der Waals surface area contributed by atoms with Crippen LogP contribution >= 0.6 is 45.3 Å². The Labute approximate surface area is 808 Å². The molecule has 0 bridgehead atoms. The summed E-state index contributed by atoms with van der Waals surface area (Å²) in [5, 5.41) is 42.9. The summed E-state index contributed by atoms with van der Waals surface area (Å²) in [5.74, 6) is -6.04. The van der Waals surface area contributed by atoms with Gasteiger partial charge in [-0.05, 0) is 249 Å². The highest BCUT2D eigenvalue weighted by Gasteiger charge is 2.57. The van der Waals surface area contributed by atoms with E-state index in [1.807, 2.05) is 47.0 Å². The lowest BCUT2D eigenvalue weighted by molar-refractivity contribution is 0.103. The highest BCUT2D eigenvalue weighted by Crippen LogP contribution is 2.72. The van der Waals surface area contributed by atoms with E-state index in [1.54, 1.807) is 23.5 Å². The van der Waals surface area contributed by atoms with Gasteiger partial charge in [0.05, 0.1) is 35.4 Å². The Balaban J connectivity index is 0.961. The van der Waals surface area contributed by atoms with E-state index in [0.29, 0.717) is 9.75 Å². The Morgan fingerprint density at radius 1 is 0.281 bits per heavy atom. The first kappa shape index (κ1) is 93.4. The number of nitriles is 4. The van der Waals surface area contributed by atoms with Gasteiger partial charge in [0.25, 0.3) is 0 Å². The molecule has 0 atom stereocenters. The molecule has 4 heterocycles. The Hall–Kier alpha value is -12.0. The van der Waals surface area contributed by atoms with Crippen molar-refractivity contribution in [3.8, 4) is 54.9 Å². The number of fused-ring (bicyclic) bond motifs is 14. The largest absolute Gasteiger partial charge is 0.289 e. The Kier molecular flexibility index (Phi) is 28.0. The SMILES string of the molecule is CCCCCCc1ccc(C2(c3ccc(CCCCCC)cc3)c3cc4c(cc3-c3sc(/C=C5\C(=O)c6cc(F)c(F)cc6C5=C(C#N)C#N)cc32)C(c2ccc(CCCCCC)cc2)(c2ccc(CCCCCC)cc2)c2c-4sc3c4c(sc23)-c2sc(/C=C3\C(=O)c5cc(F)c(F)cc5C3=C(C#N)C#N)cc2C4(c2ccc(CCCCCC)cc2)c2ccc(CCCCCC)cc2)cc1. The molecule has 0 radical (unpaired) electrons. The normalized spacial score (nSPS) is 14.8. The van der Waals surface area contributed by atoms with Gasteiger partial charge in [0.1, 0.15) is 35.4 Å². The van der Waals surface area contributed by atoms with Crippen molar-refractivity contribution in [1.82, 2.24) is 0 Å². The van der Waals surface area contributed by atoms with Gasteiger partial charge in [0.15, 0.2) is 34.8 Å². The molecule has 5 aliphatic rings. The minimum Gasteiger partial charge on any atom is -0.289 e. The third-order valence-electron chi connectivity index (χ3n) is 29.2. The summed E-state index contributed by atoms with van der Waals surface area (Å²) >= 11 is 6.78. The molecule has 0 unspecified atom stereocenters. The van der Waals surface area contributed by atoms with Crippen LogP contribution in [0.15, 0.2) is 216 Å². The third kappa shape index (κ3) is 16.7. The van der Waals surface area contributed by atoms with Crippen molar-refractivity contribution >= 4 is 89.6 Å². The van der Waals surface area contributed by atoms with E-state index >= 15 is 27.2 Å². The van der Waals surface area contributed by atoms with Crippen molar-refractivity contribution in [3.63, 3.8) is 0 Å². The number of thiophene rings is 4. The number of Topliss-reactive ketones (excluding diaryl/α,β-unsaturated/α-hetero) is 2. The molecule has 14 heteroatoms. The molecule has 135 heavy (non-hydrogen) atoms. The van der Waals surface area contributed by atoms with Gasteiger partial charge in [-0.1, -0.05) is 303 Å². The first-order valence-electron chi connectivity index (χ1n) is 49.3. The predicted octanol–water partition coefficient (Wildman–Crippen LogP) is 33.6. The molecule has 0 spiro atoms. The molecule has 18 rings (SSSR count). The average molecular weight is 1860 g/mol. The van der Waals surface area contributed by atoms with Crippen LogP contribution in [0.4, 0.5) is 17.6 Å². The van der Waals surface area contributed by atoms with Gasteiger partial charge in [-0.2, -0.15) is 21.0 Å². The molecule has 0 aliphatic heterocycles. The topological polar surface area (TPSA) is 129 Å². The minimum absolute atomic E-state index is 0.00348. The monoisotopic (exact) mass is 1860 g/mol. The van der Waals surface area contributed by atoms with Crippen molar-refractivity contribution in [2.75, 3.05) is 0 Å². The number of carbonyl (C=O) groups is 2. The molecule has 5 aliphatic carbocycles. The number of benzene rings is 9. The van der Waals surface area contributed by atoms with Crippen molar-refractivity contribution in [3.05, 3.63) is 372 Å². The maximum absolute atomic E-state index is 15.7. The van der Waals surface area contributed by atoms with Gasteiger partial charge in [-0.3, -0.25) is 9.59 Å². The standard InChI is InChI=1S/C121H112F4N4O2S4/c1-7-13-19-25-31-75-37-49-83(50-38-75)119(84-51-39-76(40-52-84)32-26-20-14-8-2)99-66-96-100(65-95(99)113-101(119)63-89(132-113)61-97-107(81(71-126)72-127)91-67-103(122)105(124)69-93(91)111(97)130)120(85-53-41-77(42-54-85)33-27-21-15-9-3,86-55-43-78(44-56-86)34-28-22-16-10-4)109-114(96)134-118-110-116(135-117(109)118)115-102(64-90(133-115)62-98-108(82(73-128)74-129)92-68-104(123)106(125)70-94(92)112(98)131)121(110,87-57-45-79(46-58-87)35-29-23-17-11-5)88-59-47-80(48-60-88)36-30-24-18-12-6/h37-70H,7-36H2,1-6H3/b97-61-,98-62-. The van der Waals surface area contributed by atoms with Crippen LogP contribution in [-0.4, -0.2) is 11.6 Å². The highest BCUT2D eigenvalue weighted by molar-refractivity contribution is 7.33. The first-order chi connectivity index (χ1) is 66.0. The lowest BCUT2D eigenvalue weighted by atomic mass is 9.65. The molecule has 9 aromatic carbocycles. The Morgan fingerprint density at radius 2 is 0.541 bits per heavy atom. The Morgan fingerprint density at radius 3 is 0.852 bits per heavy atom. The van der Waals surface area contributed by atoms with Crippen LogP contribution in [0.2, 0.25) is 0 Å². The zero-order valence-corrected chi connectivity index (χ0v) is 81.4. The zero-order chi connectivity index (χ0) is 93.8. The number of aryl methyl sites for hydroxylation is 6. The molecule has 0 amide bonds. The van der Waals surface area contributed by atoms with Gasteiger partial charge in [-0.15, -0.1) is 45.3 Å². The molecule has 13 aromatic rings. The van der Waals surface area contributed by atoms with E-state index < -0.39 is 51.1 Å². The zero-order valence-electron chi connectivity index (χ0n) is 78.1. The fourth-order valence-electron chi connectivity index (χ4n) is 22.3. The van der Waals surface area contributed by atoms with E-state index in [9.17, 15) is 21.0 Å². The number of allylic oxidation sites excluding steroid dienone is 6. The summed E-state index contributed by atoms with van der Waals surface area (Å²) in [6.07, 6.45) is 35.7. The average Bonchev–Trinajstić information content (AvgIpc) is 1.48. The van der Waals surface area contributed by atoms with Crippen LogP contribution in [0.25, 0.3) is 63.3 Å². The third-order valence-corrected chi connectivity index (χ3v) is 34.1. The second kappa shape index (κ2) is 40.5. The fraction of sp³-hybridized carbons (Fsp3) is 0.322. The molecule has 4 aromatic heterocycles. The molecule has 0 saturated heterocycles. The molecule has 680 valence electrons. The summed E-state index contributed by atoms with van der Waals surface area (Å²) in [7, 11) is 0. The summed E-state index contributed by atoms with van der Waals surface area (Å²) in [6, 6.07) is 77.6. The maximum atomic E-state index is 15.7.